The van der Waals surface area contributed by atoms with Crippen LogP contribution in [0.25, 0.3) is 6.08 Å². The highest BCUT2D eigenvalue weighted by Gasteiger charge is 2.36. The topological polar surface area (TPSA) is 59.1 Å². The highest BCUT2D eigenvalue weighted by atomic mass is 16.6. The van der Waals surface area contributed by atoms with Crippen LogP contribution >= 0.6 is 0 Å². The minimum atomic E-state index is -0.394. The van der Waals surface area contributed by atoms with Crippen LogP contribution in [0.15, 0.2) is 30.3 Å². The molecule has 6 nitrogen and oxygen atoms in total. The van der Waals surface area contributed by atoms with Crippen molar-refractivity contribution in [3.05, 3.63) is 35.9 Å². The predicted molar refractivity (Wildman–Crippen MR) is 92.2 cm³/mol. The molecule has 1 atom stereocenters. The molecule has 3 heterocycles. The van der Waals surface area contributed by atoms with E-state index in [2.05, 4.69) is 12.2 Å². The summed E-state index contributed by atoms with van der Waals surface area (Å²) in [5.74, 6) is 0.890. The molecule has 2 amide bonds. The largest absolute Gasteiger partial charge is 0.483 e. The van der Waals surface area contributed by atoms with Gasteiger partial charge in [-0.25, -0.2) is 4.79 Å². The van der Waals surface area contributed by atoms with E-state index in [1.807, 2.05) is 29.2 Å². The maximum atomic E-state index is 12.5. The van der Waals surface area contributed by atoms with E-state index in [1.54, 1.807) is 0 Å². The lowest BCUT2D eigenvalue weighted by Crippen LogP contribution is -2.42. The van der Waals surface area contributed by atoms with Crippen LogP contribution in [0.1, 0.15) is 24.8 Å². The highest BCUT2D eigenvalue weighted by Crippen LogP contribution is 2.36. The molecule has 1 aromatic rings. The van der Waals surface area contributed by atoms with Crippen molar-refractivity contribution in [2.45, 2.75) is 24.9 Å². The Morgan fingerprint density at radius 2 is 2.04 bits per heavy atom. The number of hydrogen-bond donors (Lipinski definition) is 0. The van der Waals surface area contributed by atoms with Crippen LogP contribution < -0.4 is 4.74 Å². The third-order valence-corrected chi connectivity index (χ3v) is 5.16. The number of likely N-dealkylation sites (tertiary alicyclic amines) is 1. The first-order chi connectivity index (χ1) is 12.2. The molecule has 4 rings (SSSR count). The number of fused-ring (bicyclic) bond motifs is 1. The summed E-state index contributed by atoms with van der Waals surface area (Å²) in [6.45, 7) is 2.29. The highest BCUT2D eigenvalue weighted by molar-refractivity contribution is 5.83. The van der Waals surface area contributed by atoms with E-state index in [-0.39, 0.29) is 18.1 Å². The predicted octanol–water partition coefficient (Wildman–Crippen LogP) is 2.30. The zero-order valence-electron chi connectivity index (χ0n) is 14.1. The van der Waals surface area contributed by atoms with Crippen molar-refractivity contribution in [2.75, 3.05) is 32.8 Å². The van der Waals surface area contributed by atoms with Crippen LogP contribution in [-0.2, 0) is 9.53 Å². The van der Waals surface area contributed by atoms with Gasteiger partial charge in [0, 0.05) is 25.1 Å². The monoisotopic (exact) mass is 342 g/mol. The van der Waals surface area contributed by atoms with Gasteiger partial charge in [-0.1, -0.05) is 24.3 Å². The molecule has 0 saturated carbocycles. The fourth-order valence-corrected chi connectivity index (χ4v) is 3.69. The van der Waals surface area contributed by atoms with Crippen LogP contribution in [-0.4, -0.2) is 60.2 Å². The van der Waals surface area contributed by atoms with Crippen LogP contribution in [0.4, 0.5) is 4.79 Å². The minimum absolute atomic E-state index is 0.0175. The molecule has 0 radical (unpaired) electrons. The van der Waals surface area contributed by atoms with Gasteiger partial charge in [0.15, 0.2) is 0 Å². The number of carbonyl (C=O) groups is 2. The Balaban J connectivity index is 1.41. The maximum absolute atomic E-state index is 12.5. The number of nitrogens with zero attached hydrogens (tertiary/aromatic N) is 2. The first kappa shape index (κ1) is 16.0. The Morgan fingerprint density at radius 1 is 1.16 bits per heavy atom. The number of hydrogen-bond acceptors (Lipinski definition) is 4. The molecule has 1 unspecified atom stereocenters. The third-order valence-electron chi connectivity index (χ3n) is 5.16. The number of ether oxygens (including phenoxy) is 2. The molecule has 3 aliphatic rings. The van der Waals surface area contributed by atoms with Crippen molar-refractivity contribution in [3.8, 4) is 5.75 Å². The van der Waals surface area contributed by atoms with E-state index in [0.29, 0.717) is 26.2 Å². The molecule has 25 heavy (non-hydrogen) atoms. The Morgan fingerprint density at radius 3 is 2.88 bits per heavy atom. The van der Waals surface area contributed by atoms with Gasteiger partial charge >= 0.3 is 6.09 Å². The van der Waals surface area contributed by atoms with Gasteiger partial charge in [-0.2, -0.15) is 0 Å². The summed E-state index contributed by atoms with van der Waals surface area (Å²) >= 11 is 0. The van der Waals surface area contributed by atoms with Gasteiger partial charge in [0.05, 0.1) is 6.54 Å². The molecule has 1 spiro atoms. The van der Waals surface area contributed by atoms with Gasteiger partial charge < -0.3 is 14.4 Å². The number of para-hydroxylation sites is 1. The minimum Gasteiger partial charge on any atom is -0.483 e. The molecule has 0 aromatic heterocycles. The molecule has 2 saturated heterocycles. The lowest BCUT2D eigenvalue weighted by atomic mass is 9.91. The number of rotatable bonds is 2. The standard InChI is InChI=1S/C19H22N2O4/c22-17(14-21-12-13-24-18(21)23)20-10-3-7-19(9-11-20)8-6-15-4-1-2-5-16(15)25-19/h1-2,4-6,8H,3,7,9-14H2. The van der Waals surface area contributed by atoms with Gasteiger partial charge in [0.25, 0.3) is 0 Å². The van der Waals surface area contributed by atoms with Crippen molar-refractivity contribution in [3.63, 3.8) is 0 Å². The molecular weight excluding hydrogens is 320 g/mol. The molecule has 3 aliphatic heterocycles. The van der Waals surface area contributed by atoms with Gasteiger partial charge in [0.2, 0.25) is 5.91 Å². The summed E-state index contributed by atoms with van der Waals surface area (Å²) in [5.41, 5.74) is 0.758. The number of cyclic esters (lactones) is 1. The number of carbonyl (C=O) groups excluding carboxylic acids is 2. The second-order valence-electron chi connectivity index (χ2n) is 6.81. The maximum Gasteiger partial charge on any atom is 0.410 e. The molecule has 0 bridgehead atoms. The van der Waals surface area contributed by atoms with Crippen LogP contribution in [0.5, 0.6) is 5.75 Å². The Kier molecular flexibility index (Phi) is 4.11. The van der Waals surface area contributed by atoms with Crippen molar-refractivity contribution in [1.82, 2.24) is 9.80 Å². The molecule has 0 N–H and O–H groups in total. The number of benzene rings is 1. The quantitative estimate of drug-likeness (QED) is 0.827. The van der Waals surface area contributed by atoms with Gasteiger partial charge in [-0.05, 0) is 25.0 Å². The van der Waals surface area contributed by atoms with E-state index in [9.17, 15) is 9.59 Å². The van der Waals surface area contributed by atoms with Crippen molar-refractivity contribution < 1.29 is 19.1 Å². The van der Waals surface area contributed by atoms with Crippen molar-refractivity contribution in [2.24, 2.45) is 0 Å². The zero-order chi connectivity index (χ0) is 17.3. The van der Waals surface area contributed by atoms with E-state index < -0.39 is 6.09 Å². The van der Waals surface area contributed by atoms with Gasteiger partial charge in [-0.15, -0.1) is 0 Å². The van der Waals surface area contributed by atoms with E-state index in [0.717, 1.165) is 30.6 Å². The molecule has 2 fully saturated rings. The van der Waals surface area contributed by atoms with E-state index in [4.69, 9.17) is 9.47 Å². The van der Waals surface area contributed by atoms with Crippen LogP contribution in [0.2, 0.25) is 0 Å². The Hall–Kier alpha value is -2.50. The molecule has 1 aromatic carbocycles. The summed E-state index contributed by atoms with van der Waals surface area (Å²) in [7, 11) is 0. The number of amides is 2. The van der Waals surface area contributed by atoms with Gasteiger partial charge in [0.1, 0.15) is 24.5 Å². The Labute approximate surface area is 147 Å². The summed E-state index contributed by atoms with van der Waals surface area (Å²) in [6, 6.07) is 8.02. The molecule has 0 aliphatic carbocycles. The SMILES string of the molecule is O=C(CN1CCOC1=O)N1CCCC2(C=Cc3ccccc3O2)CC1. The summed E-state index contributed by atoms with van der Waals surface area (Å²) in [4.78, 5) is 27.4. The molecular formula is C19H22N2O4. The molecule has 6 heteroatoms. The average Bonchev–Trinajstić information content (AvgIpc) is 2.90. The van der Waals surface area contributed by atoms with Crippen LogP contribution in [0, 0.1) is 0 Å². The summed E-state index contributed by atoms with van der Waals surface area (Å²) < 4.78 is 11.2. The Bertz CT molecular complexity index is 717. The van der Waals surface area contributed by atoms with Crippen molar-refractivity contribution >= 4 is 18.1 Å². The molecule has 132 valence electrons. The van der Waals surface area contributed by atoms with Crippen molar-refractivity contribution in [1.29, 1.82) is 0 Å². The van der Waals surface area contributed by atoms with Gasteiger partial charge in [-0.3, -0.25) is 9.69 Å². The fourth-order valence-electron chi connectivity index (χ4n) is 3.69. The summed E-state index contributed by atoms with van der Waals surface area (Å²) in [6.07, 6.45) is 6.39. The first-order valence-electron chi connectivity index (χ1n) is 8.82. The zero-order valence-corrected chi connectivity index (χ0v) is 14.1. The first-order valence-corrected chi connectivity index (χ1v) is 8.82. The normalized spacial score (nSPS) is 25.4. The van der Waals surface area contributed by atoms with E-state index >= 15 is 0 Å². The smallest absolute Gasteiger partial charge is 0.410 e. The second-order valence-corrected chi connectivity index (χ2v) is 6.81. The summed E-state index contributed by atoms with van der Waals surface area (Å²) in [5, 5.41) is 0. The van der Waals surface area contributed by atoms with E-state index in [1.165, 1.54) is 4.90 Å². The fraction of sp³-hybridized carbons (Fsp3) is 0.474. The lowest BCUT2D eigenvalue weighted by molar-refractivity contribution is -0.131. The lowest BCUT2D eigenvalue weighted by Gasteiger charge is -2.34. The second kappa shape index (κ2) is 6.43. The average molecular weight is 342 g/mol. The third kappa shape index (κ3) is 3.21. The van der Waals surface area contributed by atoms with Crippen LogP contribution in [0.3, 0.4) is 0 Å².